The summed E-state index contributed by atoms with van der Waals surface area (Å²) in [4.78, 5) is 0. The van der Waals surface area contributed by atoms with Crippen LogP contribution in [0.5, 0.6) is 11.5 Å². The molecule has 0 radical (unpaired) electrons. The molecule has 1 N–H and O–H groups in total. The molecule has 15 heavy (non-hydrogen) atoms. The Morgan fingerprint density at radius 1 is 0.933 bits per heavy atom. The molecule has 2 aromatic rings. The van der Waals surface area contributed by atoms with Crippen molar-refractivity contribution < 1.29 is 4.74 Å². The molecule has 0 atom stereocenters. The molecule has 1 heterocycles. The summed E-state index contributed by atoms with van der Waals surface area (Å²) in [5.41, 5.74) is 2.12. The molecule has 0 aromatic heterocycles. The molecule has 2 nitrogen and oxygen atoms in total. The number of benzene rings is 2. The van der Waals surface area contributed by atoms with E-state index < -0.39 is 0 Å². The van der Waals surface area contributed by atoms with Crippen molar-refractivity contribution in [1.82, 2.24) is 0 Å². The van der Waals surface area contributed by atoms with Crippen LogP contribution in [0, 0.1) is 0 Å². The van der Waals surface area contributed by atoms with Crippen molar-refractivity contribution in [3.63, 3.8) is 0 Å². The van der Waals surface area contributed by atoms with E-state index in [0.717, 1.165) is 22.9 Å². The number of rotatable bonds is 0. The summed E-state index contributed by atoms with van der Waals surface area (Å²) >= 11 is 1.69. The molecule has 2 aromatic carbocycles. The van der Waals surface area contributed by atoms with E-state index >= 15 is 0 Å². The van der Waals surface area contributed by atoms with Gasteiger partial charge in [0.05, 0.1) is 0 Å². The van der Waals surface area contributed by atoms with Gasteiger partial charge in [0.15, 0.2) is 0 Å². The third kappa shape index (κ3) is 1.49. The summed E-state index contributed by atoms with van der Waals surface area (Å²) in [5, 5.41) is 3.40. The van der Waals surface area contributed by atoms with Crippen LogP contribution in [0.25, 0.3) is 0 Å². The van der Waals surface area contributed by atoms with Crippen LogP contribution in [0.3, 0.4) is 0 Å². The third-order valence-corrected chi connectivity index (χ3v) is 3.43. The van der Waals surface area contributed by atoms with Gasteiger partial charge in [-0.3, -0.25) is 0 Å². The van der Waals surface area contributed by atoms with Crippen molar-refractivity contribution in [2.45, 2.75) is 0 Å². The molecule has 0 bridgehead atoms. The second-order valence-electron chi connectivity index (χ2n) is 3.37. The maximum atomic E-state index is 5.80. The minimum absolute atomic E-state index is 0.890. The zero-order chi connectivity index (χ0) is 10.3. The fraction of sp³-hybridized carbons (Fsp3) is 0. The number of hydrogen-bond donors (Lipinski definition) is 1. The van der Waals surface area contributed by atoms with Gasteiger partial charge in [-0.05, 0) is 0 Å². The normalized spacial score (nSPS) is 12.1. The molecule has 3 heteroatoms. The van der Waals surface area contributed by atoms with Crippen LogP contribution >= 0.6 is 0 Å². The van der Waals surface area contributed by atoms with E-state index in [1.54, 1.807) is 22.3 Å². The molecule has 0 saturated carbocycles. The predicted octanol–water partition coefficient (Wildman–Crippen LogP) is 2.06. The Bertz CT molecular complexity index is 525. The fourth-order valence-corrected chi connectivity index (χ4v) is 2.36. The Labute approximate surface area is 101 Å². The molecule has 74 valence electrons. The van der Waals surface area contributed by atoms with E-state index in [0.29, 0.717) is 0 Å². The average molecular weight is 311 g/mol. The average Bonchev–Trinajstić information content (AvgIpc) is 2.27. The summed E-state index contributed by atoms with van der Waals surface area (Å²) < 4.78 is 7.05. The van der Waals surface area contributed by atoms with Crippen molar-refractivity contribution in [2.75, 3.05) is 5.32 Å². The van der Waals surface area contributed by atoms with Crippen LogP contribution in [0.15, 0.2) is 42.5 Å². The zero-order valence-electron chi connectivity index (χ0n) is 7.90. The van der Waals surface area contributed by atoms with Crippen molar-refractivity contribution in [2.24, 2.45) is 0 Å². The number of nitrogens with one attached hydrogen (secondary N) is 1. The third-order valence-electron chi connectivity index (χ3n) is 2.37. The number of anilines is 2. The first-order valence-corrected chi connectivity index (χ1v) is 5.98. The van der Waals surface area contributed by atoms with Gasteiger partial charge in [0.2, 0.25) is 0 Å². The van der Waals surface area contributed by atoms with Crippen LogP contribution in [0.4, 0.5) is 11.4 Å². The van der Waals surface area contributed by atoms with Crippen LogP contribution in [-0.4, -0.2) is 22.3 Å². The Hall–Kier alpha value is -1.17. The molecule has 0 aliphatic carbocycles. The van der Waals surface area contributed by atoms with E-state index in [2.05, 4.69) is 11.4 Å². The molecule has 0 unspecified atom stereocenters. The summed E-state index contributed by atoms with van der Waals surface area (Å²) in [6.45, 7) is 0. The number of fused-ring (bicyclic) bond motifs is 2. The number of hydrogen-bond acceptors (Lipinski definition) is 2. The van der Waals surface area contributed by atoms with Crippen LogP contribution in [0.2, 0.25) is 0 Å². The van der Waals surface area contributed by atoms with Crippen molar-refractivity contribution in [3.8, 4) is 11.5 Å². The van der Waals surface area contributed by atoms with E-state index in [4.69, 9.17) is 4.74 Å². The monoisotopic (exact) mass is 313 g/mol. The molecular formula is C12H9NOTe. The second-order valence-corrected chi connectivity index (χ2v) is 4.75. The van der Waals surface area contributed by atoms with Crippen molar-refractivity contribution in [3.05, 3.63) is 42.5 Å². The van der Waals surface area contributed by atoms with Crippen LogP contribution in [0.1, 0.15) is 0 Å². The number of ether oxygens (including phenoxy) is 1. The van der Waals surface area contributed by atoms with Gasteiger partial charge in [0, 0.05) is 0 Å². The first-order chi connectivity index (χ1) is 7.34. The first-order valence-electron chi connectivity index (χ1n) is 4.70. The fourth-order valence-electron chi connectivity index (χ4n) is 1.64. The van der Waals surface area contributed by atoms with Gasteiger partial charge in [-0.2, -0.15) is 0 Å². The van der Waals surface area contributed by atoms with Gasteiger partial charge in [-0.25, -0.2) is 0 Å². The van der Waals surface area contributed by atoms with Crippen molar-refractivity contribution in [1.29, 1.82) is 0 Å². The minimum atomic E-state index is 0.890. The molecule has 0 amide bonds. The summed E-state index contributed by atoms with van der Waals surface area (Å²) in [6.07, 6.45) is 0. The molecule has 0 spiro atoms. The van der Waals surface area contributed by atoms with E-state index in [-0.39, 0.29) is 0 Å². The van der Waals surface area contributed by atoms with Crippen LogP contribution < -0.4 is 13.7 Å². The SMILES string of the molecule is [TeH]c1cccc2c1Nc1ccccc1O2. The standard InChI is InChI=1S/C12H9NOTe/c15-11-7-3-6-10-12(11)13-8-4-1-2-5-9(8)14-10/h1-7,13,15H. The van der Waals surface area contributed by atoms with Gasteiger partial charge >= 0.3 is 101 Å². The van der Waals surface area contributed by atoms with Crippen LogP contribution in [-0.2, 0) is 0 Å². The summed E-state index contributed by atoms with van der Waals surface area (Å²) in [7, 11) is 0. The molecule has 0 saturated heterocycles. The molecule has 0 fully saturated rings. The first kappa shape index (κ1) is 9.08. The zero-order valence-corrected chi connectivity index (χ0v) is 10.4. The van der Waals surface area contributed by atoms with Gasteiger partial charge in [-0.1, -0.05) is 0 Å². The van der Waals surface area contributed by atoms with Crippen molar-refractivity contribution >= 4 is 37.3 Å². The Balaban J connectivity index is 2.15. The Morgan fingerprint density at radius 2 is 1.73 bits per heavy atom. The Kier molecular flexibility index (Phi) is 2.09. The Morgan fingerprint density at radius 3 is 2.67 bits per heavy atom. The molecule has 1 aliphatic heterocycles. The summed E-state index contributed by atoms with van der Waals surface area (Å²) in [5.74, 6) is 1.80. The topological polar surface area (TPSA) is 21.3 Å². The number of para-hydroxylation sites is 3. The maximum absolute atomic E-state index is 5.80. The van der Waals surface area contributed by atoms with Gasteiger partial charge in [-0.15, -0.1) is 0 Å². The summed E-state index contributed by atoms with van der Waals surface area (Å²) in [6, 6.07) is 14.1. The second kappa shape index (κ2) is 3.44. The molecular weight excluding hydrogens is 302 g/mol. The molecule has 1 aliphatic rings. The van der Waals surface area contributed by atoms with Gasteiger partial charge in [0.25, 0.3) is 0 Å². The predicted molar refractivity (Wildman–Crippen MR) is 63.0 cm³/mol. The quantitative estimate of drug-likeness (QED) is 0.642. The van der Waals surface area contributed by atoms with E-state index in [9.17, 15) is 0 Å². The van der Waals surface area contributed by atoms with E-state index in [1.165, 1.54) is 3.61 Å². The van der Waals surface area contributed by atoms with Gasteiger partial charge < -0.3 is 0 Å². The van der Waals surface area contributed by atoms with Gasteiger partial charge in [0.1, 0.15) is 0 Å². The molecule has 3 rings (SSSR count). The van der Waals surface area contributed by atoms with E-state index in [1.807, 2.05) is 36.4 Å².